The Labute approximate surface area is 119 Å². The van der Waals surface area contributed by atoms with Gasteiger partial charge in [0, 0.05) is 17.4 Å². The molecule has 0 aliphatic rings. The van der Waals surface area contributed by atoms with Gasteiger partial charge in [0.05, 0.1) is 0 Å². The first-order valence-electron chi connectivity index (χ1n) is 7.73. The van der Waals surface area contributed by atoms with Crippen LogP contribution in [0.15, 0.2) is 12.1 Å². The number of rotatable bonds is 8. The number of nitrogens with one attached hydrogen (secondary N) is 1. The van der Waals surface area contributed by atoms with Gasteiger partial charge >= 0.3 is 0 Å². The van der Waals surface area contributed by atoms with E-state index in [0.717, 1.165) is 17.3 Å². The van der Waals surface area contributed by atoms with E-state index >= 15 is 0 Å². The minimum atomic E-state index is 0.460. The molecule has 0 amide bonds. The molecule has 0 aliphatic heterocycles. The highest BCUT2D eigenvalue weighted by Gasteiger charge is 2.16. The minimum Gasteiger partial charge on any atom is -0.313 e. The molecule has 0 radical (unpaired) electrons. The van der Waals surface area contributed by atoms with Crippen LogP contribution in [-0.4, -0.2) is 12.0 Å². The summed E-state index contributed by atoms with van der Waals surface area (Å²) in [5, 5.41) is 3.49. The van der Waals surface area contributed by atoms with Crippen LogP contribution in [0.1, 0.15) is 68.9 Å². The largest absolute Gasteiger partial charge is 0.313 e. The van der Waals surface area contributed by atoms with Crippen molar-refractivity contribution in [2.75, 3.05) is 7.05 Å². The fourth-order valence-corrected chi connectivity index (χ4v) is 2.80. The van der Waals surface area contributed by atoms with Crippen molar-refractivity contribution in [2.45, 2.75) is 65.8 Å². The summed E-state index contributed by atoms with van der Waals surface area (Å²) in [4.78, 5) is 4.47. The molecule has 19 heavy (non-hydrogen) atoms. The lowest BCUT2D eigenvalue weighted by Crippen LogP contribution is -2.20. The van der Waals surface area contributed by atoms with Gasteiger partial charge in [0.2, 0.25) is 0 Å². The van der Waals surface area contributed by atoms with E-state index < -0.39 is 0 Å². The maximum atomic E-state index is 4.47. The van der Waals surface area contributed by atoms with Gasteiger partial charge in [0.15, 0.2) is 0 Å². The predicted molar refractivity (Wildman–Crippen MR) is 83.4 cm³/mol. The van der Waals surface area contributed by atoms with Crippen molar-refractivity contribution in [1.29, 1.82) is 0 Å². The second-order valence-electron chi connectivity index (χ2n) is 5.68. The van der Waals surface area contributed by atoms with Gasteiger partial charge < -0.3 is 5.32 Å². The lowest BCUT2D eigenvalue weighted by Gasteiger charge is -2.23. The quantitative estimate of drug-likeness (QED) is 0.742. The molecule has 0 saturated carbocycles. The molecule has 1 aromatic rings. The van der Waals surface area contributed by atoms with Gasteiger partial charge in [-0.25, -0.2) is 0 Å². The van der Waals surface area contributed by atoms with Crippen molar-refractivity contribution in [2.24, 2.45) is 5.92 Å². The summed E-state index contributed by atoms with van der Waals surface area (Å²) in [5.74, 6) is 0.825. The molecule has 1 rings (SSSR count). The fourth-order valence-electron chi connectivity index (χ4n) is 2.80. The third-order valence-electron chi connectivity index (χ3n) is 3.97. The monoisotopic (exact) mass is 262 g/mol. The van der Waals surface area contributed by atoms with E-state index in [1.54, 1.807) is 0 Å². The van der Waals surface area contributed by atoms with Crippen molar-refractivity contribution in [3.05, 3.63) is 29.1 Å². The molecule has 0 aliphatic carbocycles. The van der Waals surface area contributed by atoms with E-state index in [-0.39, 0.29) is 0 Å². The maximum Gasteiger partial charge on any atom is 0.0379 e. The van der Waals surface area contributed by atoms with Crippen LogP contribution in [0.25, 0.3) is 0 Å². The Hall–Kier alpha value is -0.890. The number of hydrogen-bond donors (Lipinski definition) is 1. The maximum absolute atomic E-state index is 4.47. The van der Waals surface area contributed by atoms with Crippen LogP contribution < -0.4 is 5.32 Å². The molecule has 0 aromatic carbocycles. The molecule has 1 N–H and O–H groups in total. The molecule has 0 bridgehead atoms. The molecule has 108 valence electrons. The Kier molecular flexibility index (Phi) is 7.07. The average Bonchev–Trinajstić information content (AvgIpc) is 2.38. The van der Waals surface area contributed by atoms with Crippen LogP contribution in [0.4, 0.5) is 0 Å². The average molecular weight is 262 g/mol. The van der Waals surface area contributed by atoms with Crippen LogP contribution >= 0.6 is 0 Å². The highest BCUT2D eigenvalue weighted by atomic mass is 14.9. The van der Waals surface area contributed by atoms with E-state index in [1.807, 2.05) is 0 Å². The standard InChI is InChI=1S/C17H30N2/c1-6-8-9-15(7-2)12-17(18-5)16-10-13(3)19-14(4)11-16/h10-11,15,17-18H,6-9,12H2,1-5H3. The predicted octanol–water partition coefficient (Wildman–Crippen LogP) is 4.57. The number of hydrogen-bond acceptors (Lipinski definition) is 2. The Morgan fingerprint density at radius 3 is 2.26 bits per heavy atom. The lowest BCUT2D eigenvalue weighted by molar-refractivity contribution is 0.364. The first-order valence-corrected chi connectivity index (χ1v) is 7.73. The number of pyridine rings is 1. The van der Waals surface area contributed by atoms with E-state index in [2.05, 4.69) is 57.2 Å². The summed E-state index contributed by atoms with van der Waals surface area (Å²) in [7, 11) is 2.07. The minimum absolute atomic E-state index is 0.460. The van der Waals surface area contributed by atoms with Gasteiger partial charge in [-0.3, -0.25) is 4.98 Å². The van der Waals surface area contributed by atoms with E-state index in [4.69, 9.17) is 0 Å². The Morgan fingerprint density at radius 1 is 1.16 bits per heavy atom. The molecular formula is C17H30N2. The van der Waals surface area contributed by atoms with E-state index in [1.165, 1.54) is 37.7 Å². The molecule has 2 atom stereocenters. The Bertz CT molecular complexity index is 353. The lowest BCUT2D eigenvalue weighted by atomic mass is 9.89. The molecule has 0 spiro atoms. The van der Waals surface area contributed by atoms with Gasteiger partial charge in [-0.15, -0.1) is 0 Å². The summed E-state index contributed by atoms with van der Waals surface area (Å²) in [6, 6.07) is 4.91. The first kappa shape index (κ1) is 16.2. The second kappa shape index (κ2) is 8.31. The Morgan fingerprint density at radius 2 is 1.79 bits per heavy atom. The fraction of sp³-hybridized carbons (Fsp3) is 0.706. The van der Waals surface area contributed by atoms with Gasteiger partial charge in [-0.2, -0.15) is 0 Å². The molecule has 2 unspecified atom stereocenters. The summed E-state index contributed by atoms with van der Waals surface area (Å²) in [6.07, 6.45) is 6.52. The van der Waals surface area contributed by atoms with E-state index in [9.17, 15) is 0 Å². The van der Waals surface area contributed by atoms with Crippen LogP contribution in [0, 0.1) is 19.8 Å². The van der Waals surface area contributed by atoms with E-state index in [0.29, 0.717) is 6.04 Å². The first-order chi connectivity index (χ1) is 9.10. The zero-order valence-corrected chi connectivity index (χ0v) is 13.3. The summed E-state index contributed by atoms with van der Waals surface area (Å²) >= 11 is 0. The number of aromatic nitrogens is 1. The van der Waals surface area contributed by atoms with Crippen molar-refractivity contribution < 1.29 is 0 Å². The molecule has 1 heterocycles. The summed E-state index contributed by atoms with van der Waals surface area (Å²) in [5.41, 5.74) is 3.64. The topological polar surface area (TPSA) is 24.9 Å². The van der Waals surface area contributed by atoms with Crippen molar-refractivity contribution in [3.8, 4) is 0 Å². The molecule has 1 aromatic heterocycles. The SMILES string of the molecule is CCCCC(CC)CC(NC)c1cc(C)nc(C)c1. The summed E-state index contributed by atoms with van der Waals surface area (Å²) < 4.78 is 0. The third-order valence-corrected chi connectivity index (χ3v) is 3.97. The molecule has 2 heteroatoms. The van der Waals surface area contributed by atoms with Crippen molar-refractivity contribution in [3.63, 3.8) is 0 Å². The molecular weight excluding hydrogens is 232 g/mol. The zero-order valence-electron chi connectivity index (χ0n) is 13.3. The summed E-state index contributed by atoms with van der Waals surface area (Å²) in [6.45, 7) is 8.75. The van der Waals surface area contributed by atoms with Crippen molar-refractivity contribution in [1.82, 2.24) is 10.3 Å². The van der Waals surface area contributed by atoms with Crippen molar-refractivity contribution >= 4 is 0 Å². The number of aryl methyl sites for hydroxylation is 2. The molecule has 0 saturated heterocycles. The number of nitrogens with zero attached hydrogens (tertiary/aromatic N) is 1. The van der Waals surface area contributed by atoms with Gasteiger partial charge in [-0.1, -0.05) is 39.5 Å². The smallest absolute Gasteiger partial charge is 0.0379 e. The van der Waals surface area contributed by atoms with Gasteiger partial charge in [0.25, 0.3) is 0 Å². The highest BCUT2D eigenvalue weighted by Crippen LogP contribution is 2.27. The van der Waals surface area contributed by atoms with Gasteiger partial charge in [-0.05, 0) is 50.9 Å². The number of unbranched alkanes of at least 4 members (excludes halogenated alkanes) is 1. The van der Waals surface area contributed by atoms with Crippen LogP contribution in [0.3, 0.4) is 0 Å². The van der Waals surface area contributed by atoms with Crippen LogP contribution in [0.2, 0.25) is 0 Å². The second-order valence-corrected chi connectivity index (χ2v) is 5.68. The van der Waals surface area contributed by atoms with Gasteiger partial charge in [0.1, 0.15) is 0 Å². The molecule has 0 fully saturated rings. The normalized spacial score (nSPS) is 14.4. The molecule has 2 nitrogen and oxygen atoms in total. The highest BCUT2D eigenvalue weighted by molar-refractivity contribution is 5.23. The third kappa shape index (κ3) is 5.32. The van der Waals surface area contributed by atoms with Crippen LogP contribution in [0.5, 0.6) is 0 Å². The zero-order chi connectivity index (χ0) is 14.3. The van der Waals surface area contributed by atoms with Crippen LogP contribution in [-0.2, 0) is 0 Å². The Balaban J connectivity index is 2.75.